The van der Waals surface area contributed by atoms with Gasteiger partial charge in [0, 0.05) is 19.4 Å². The van der Waals surface area contributed by atoms with E-state index in [9.17, 15) is 19.0 Å². The van der Waals surface area contributed by atoms with Crippen LogP contribution < -0.4 is 5.73 Å². The molecule has 0 spiro atoms. The zero-order chi connectivity index (χ0) is 60.1. The van der Waals surface area contributed by atoms with E-state index in [1.165, 1.54) is 308 Å². The van der Waals surface area contributed by atoms with E-state index in [-0.39, 0.29) is 38.6 Å². The first-order chi connectivity index (χ1) is 40.8. The van der Waals surface area contributed by atoms with Gasteiger partial charge < -0.3 is 20.1 Å². The van der Waals surface area contributed by atoms with Gasteiger partial charge in [0.25, 0.3) is 0 Å². The van der Waals surface area contributed by atoms with Crippen molar-refractivity contribution in [3.8, 4) is 0 Å². The Labute approximate surface area is 515 Å². The molecule has 490 valence electrons. The van der Waals surface area contributed by atoms with Gasteiger partial charge in [0.05, 0.1) is 13.2 Å². The molecule has 0 aliphatic heterocycles. The fourth-order valence-corrected chi connectivity index (χ4v) is 11.9. The number of hydrogen-bond acceptors (Lipinski definition) is 8. The maximum atomic E-state index is 12.8. The molecule has 83 heavy (non-hydrogen) atoms. The Morgan fingerprint density at radius 1 is 0.361 bits per heavy atom. The van der Waals surface area contributed by atoms with Crippen molar-refractivity contribution in [3.05, 3.63) is 36.5 Å². The molecule has 2 unspecified atom stereocenters. The van der Waals surface area contributed by atoms with Crippen LogP contribution in [0.2, 0.25) is 0 Å². The van der Waals surface area contributed by atoms with Gasteiger partial charge >= 0.3 is 19.8 Å². The van der Waals surface area contributed by atoms with Crippen LogP contribution in [-0.4, -0.2) is 49.3 Å². The predicted octanol–water partition coefficient (Wildman–Crippen LogP) is 23.9. The third kappa shape index (κ3) is 69.2. The van der Waals surface area contributed by atoms with E-state index < -0.39 is 26.5 Å². The Morgan fingerprint density at radius 3 is 0.928 bits per heavy atom. The van der Waals surface area contributed by atoms with Crippen LogP contribution in [0, 0.1) is 0 Å². The predicted molar refractivity (Wildman–Crippen MR) is 358 cm³/mol. The Bertz CT molecular complexity index is 1450. The van der Waals surface area contributed by atoms with Crippen LogP contribution in [0.1, 0.15) is 386 Å². The lowest BCUT2D eigenvalue weighted by molar-refractivity contribution is -0.161. The molecule has 0 aromatic heterocycles. The van der Waals surface area contributed by atoms with E-state index in [1.807, 2.05) is 0 Å². The summed E-state index contributed by atoms with van der Waals surface area (Å²) in [5.74, 6) is -0.802. The molecule has 0 bridgehead atoms. The highest BCUT2D eigenvalue weighted by Gasteiger charge is 2.26. The highest BCUT2D eigenvalue weighted by molar-refractivity contribution is 7.47. The van der Waals surface area contributed by atoms with Gasteiger partial charge in [-0.3, -0.25) is 18.6 Å². The van der Waals surface area contributed by atoms with Crippen LogP contribution >= 0.6 is 7.82 Å². The zero-order valence-electron chi connectivity index (χ0n) is 55.2. The molecule has 0 radical (unpaired) electrons. The van der Waals surface area contributed by atoms with Gasteiger partial charge in [0.1, 0.15) is 6.61 Å². The lowest BCUT2D eigenvalue weighted by Crippen LogP contribution is -2.29. The van der Waals surface area contributed by atoms with E-state index in [1.54, 1.807) is 0 Å². The van der Waals surface area contributed by atoms with Gasteiger partial charge in [-0.05, 0) is 51.4 Å². The van der Waals surface area contributed by atoms with Crippen LogP contribution in [-0.2, 0) is 32.7 Å². The Morgan fingerprint density at radius 2 is 0.627 bits per heavy atom. The van der Waals surface area contributed by atoms with Crippen molar-refractivity contribution >= 4 is 19.8 Å². The van der Waals surface area contributed by atoms with Crippen LogP contribution in [0.25, 0.3) is 0 Å². The van der Waals surface area contributed by atoms with E-state index in [2.05, 4.69) is 50.3 Å². The lowest BCUT2D eigenvalue weighted by atomic mass is 10.0. The normalized spacial score (nSPS) is 13.1. The quantitative estimate of drug-likeness (QED) is 0.0264. The molecule has 10 heteroatoms. The van der Waals surface area contributed by atoms with Crippen LogP contribution in [0.15, 0.2) is 36.5 Å². The Kier molecular flexibility index (Phi) is 67.9. The highest BCUT2D eigenvalue weighted by Crippen LogP contribution is 2.43. The van der Waals surface area contributed by atoms with E-state index in [0.717, 1.165) is 44.9 Å². The summed E-state index contributed by atoms with van der Waals surface area (Å²) in [6.07, 6.45) is 86.9. The summed E-state index contributed by atoms with van der Waals surface area (Å²) in [4.78, 5) is 35.4. The fourth-order valence-electron chi connectivity index (χ4n) is 11.1. The first-order valence-electron chi connectivity index (χ1n) is 36.5. The summed E-state index contributed by atoms with van der Waals surface area (Å²) in [6.45, 7) is 3.81. The molecule has 9 nitrogen and oxygen atoms in total. The number of nitrogens with two attached hydrogens (primary N) is 1. The minimum Gasteiger partial charge on any atom is -0.462 e. The number of rotatable bonds is 70. The molecular weight excluding hydrogens is 1050 g/mol. The summed E-state index contributed by atoms with van der Waals surface area (Å²) < 4.78 is 33.2. The second-order valence-electron chi connectivity index (χ2n) is 24.8. The SMILES string of the molecule is CCCCCCC/C=C\C/C=C\C/C=C\CCCCCCCCCCCCCCCCCCCCCCCCCCC(=O)OC(COC(=O)CCCCCCCCCCCCCCCCCCCCCCCCC)COP(=O)(O)OCCN. The van der Waals surface area contributed by atoms with E-state index in [4.69, 9.17) is 24.3 Å². The van der Waals surface area contributed by atoms with Crippen molar-refractivity contribution in [2.45, 2.75) is 392 Å². The van der Waals surface area contributed by atoms with Gasteiger partial charge in [0.15, 0.2) is 6.10 Å². The molecule has 0 aromatic carbocycles. The topological polar surface area (TPSA) is 134 Å². The molecule has 0 saturated carbocycles. The first-order valence-corrected chi connectivity index (χ1v) is 38.0. The number of carbonyl (C=O) groups excluding carboxylic acids is 2. The van der Waals surface area contributed by atoms with E-state index in [0.29, 0.717) is 6.42 Å². The van der Waals surface area contributed by atoms with Crippen molar-refractivity contribution in [1.29, 1.82) is 0 Å². The Hall–Kier alpha value is -1.77. The number of carbonyl (C=O) groups is 2. The molecule has 0 heterocycles. The molecule has 2 atom stereocenters. The Balaban J connectivity index is 3.76. The van der Waals surface area contributed by atoms with E-state index >= 15 is 0 Å². The number of unbranched alkanes of at least 4 members (excludes halogenated alkanes) is 51. The number of esters is 2. The summed E-state index contributed by atoms with van der Waals surface area (Å²) in [5, 5.41) is 0. The standard InChI is InChI=1S/C73H140NO8P/c1-3-5-7-9-11-13-15-17-19-21-23-25-27-28-29-30-31-32-33-34-35-36-37-38-39-40-41-42-44-46-48-50-52-54-56-58-60-62-64-66-73(76)82-71(70-81-83(77,78)80-68-67-74)69-79-72(75)65-63-61-59-57-55-53-51-49-47-45-43-26-24-22-20-18-16-14-12-10-8-6-4-2/h15,17,21,23,27-28,71H,3-14,16,18-20,22,24-26,29-70,74H2,1-2H3,(H,77,78)/b17-15-,23-21-,28-27-. The largest absolute Gasteiger partial charge is 0.472 e. The third-order valence-corrected chi connectivity index (χ3v) is 17.5. The maximum Gasteiger partial charge on any atom is 0.472 e. The smallest absolute Gasteiger partial charge is 0.462 e. The van der Waals surface area contributed by atoms with Gasteiger partial charge in [0.2, 0.25) is 0 Å². The number of allylic oxidation sites excluding steroid dienone is 6. The molecule has 0 aromatic rings. The molecule has 0 aliphatic carbocycles. The molecule has 0 aliphatic rings. The summed E-state index contributed by atoms with van der Waals surface area (Å²) in [6, 6.07) is 0. The molecule has 3 N–H and O–H groups in total. The minimum absolute atomic E-state index is 0.0569. The van der Waals surface area contributed by atoms with Gasteiger partial charge in [-0.1, -0.05) is 359 Å². The number of phosphoric acid groups is 1. The summed E-state index contributed by atoms with van der Waals surface area (Å²) in [5.41, 5.74) is 5.40. The van der Waals surface area contributed by atoms with Gasteiger partial charge in [-0.2, -0.15) is 0 Å². The van der Waals surface area contributed by atoms with Crippen LogP contribution in [0.4, 0.5) is 0 Å². The zero-order valence-corrected chi connectivity index (χ0v) is 56.1. The molecule has 0 saturated heterocycles. The average molecular weight is 1190 g/mol. The fraction of sp³-hybridized carbons (Fsp3) is 0.890. The number of hydrogen-bond donors (Lipinski definition) is 2. The molecular formula is C73H140NO8P. The molecule has 0 amide bonds. The van der Waals surface area contributed by atoms with Crippen molar-refractivity contribution in [2.75, 3.05) is 26.4 Å². The lowest BCUT2D eigenvalue weighted by Gasteiger charge is -2.19. The third-order valence-electron chi connectivity index (χ3n) is 16.5. The second-order valence-corrected chi connectivity index (χ2v) is 26.3. The monoisotopic (exact) mass is 1190 g/mol. The minimum atomic E-state index is -4.39. The van der Waals surface area contributed by atoms with Crippen LogP contribution in [0.5, 0.6) is 0 Å². The summed E-state index contributed by atoms with van der Waals surface area (Å²) in [7, 11) is -4.39. The van der Waals surface area contributed by atoms with Gasteiger partial charge in [-0.15, -0.1) is 0 Å². The first kappa shape index (κ1) is 81.2. The maximum absolute atomic E-state index is 12.8. The van der Waals surface area contributed by atoms with Crippen molar-refractivity contribution < 1.29 is 37.6 Å². The van der Waals surface area contributed by atoms with Gasteiger partial charge in [-0.25, -0.2) is 4.57 Å². The van der Waals surface area contributed by atoms with Crippen molar-refractivity contribution in [3.63, 3.8) is 0 Å². The highest BCUT2D eigenvalue weighted by atomic mass is 31.2. The number of phosphoric ester groups is 1. The van der Waals surface area contributed by atoms with Crippen molar-refractivity contribution in [2.24, 2.45) is 5.73 Å². The molecule has 0 fully saturated rings. The molecule has 0 rings (SSSR count). The van der Waals surface area contributed by atoms with Crippen molar-refractivity contribution in [1.82, 2.24) is 0 Å². The van der Waals surface area contributed by atoms with Crippen LogP contribution in [0.3, 0.4) is 0 Å². The second kappa shape index (κ2) is 69.3. The number of ether oxygens (including phenoxy) is 2. The summed E-state index contributed by atoms with van der Waals surface area (Å²) >= 11 is 0. The average Bonchev–Trinajstić information content (AvgIpc) is 3.48.